The van der Waals surface area contributed by atoms with Gasteiger partial charge < -0.3 is 39.5 Å². The normalized spacial score (nSPS) is 16.9. The smallest absolute Gasteiger partial charge is 0.407 e. The second-order valence-electron chi connectivity index (χ2n) is 16.9. The Balaban J connectivity index is 1.60. The van der Waals surface area contributed by atoms with Gasteiger partial charge in [-0.1, -0.05) is 24.8 Å². The number of allylic oxidation sites excluding steroid dienone is 5. The standard InChI is InChI=1S/C48H56N6O9/c1-12-28-25(2)34-22-39-32-16-13-31(44(57)49-19-20-50-46(59)63-47(5,6)7)43(45(58)62-11)48(32,8)40(54-39)24-35-27(4)30(15-18-42(56)61-10)38(53-35)23-37-29(14-17-41(55)60-9)26(3)33(52-37)21-36(28)51-34/h12-13,16,21-24,43,51,53H,1,14-15,17-20H2,2-11H3,(H,49,57)(H,50,59). The number of aromatic nitrogens is 4. The molecule has 2 unspecified atom stereocenters. The molecule has 0 spiro atoms. The number of nitrogens with zero attached hydrogens (tertiary/aromatic N) is 2. The number of hydrogen-bond donors (Lipinski definition) is 4. The van der Waals surface area contributed by atoms with Gasteiger partial charge in [0.15, 0.2) is 0 Å². The van der Waals surface area contributed by atoms with E-state index in [9.17, 15) is 24.0 Å². The number of rotatable bonds is 12. The van der Waals surface area contributed by atoms with E-state index >= 15 is 0 Å². The quantitative estimate of drug-likeness (QED) is 0.0810. The molecule has 15 heteroatoms. The minimum absolute atomic E-state index is 0.0603. The van der Waals surface area contributed by atoms with Crippen molar-refractivity contribution >= 4 is 74.8 Å². The number of carbonyl (C=O) groups is 5. The fraction of sp³-hybridized carbons (Fsp3) is 0.396. The molecule has 6 rings (SSSR count). The van der Waals surface area contributed by atoms with E-state index in [1.54, 1.807) is 32.9 Å². The van der Waals surface area contributed by atoms with Crippen LogP contribution in [0.15, 0.2) is 48.6 Å². The first-order valence-electron chi connectivity index (χ1n) is 20.8. The van der Waals surface area contributed by atoms with E-state index in [0.717, 1.165) is 44.4 Å². The molecule has 0 saturated heterocycles. The Morgan fingerprint density at radius 1 is 0.778 bits per heavy atom. The van der Waals surface area contributed by atoms with E-state index in [4.69, 9.17) is 28.9 Å². The Morgan fingerprint density at radius 3 is 2.05 bits per heavy atom. The van der Waals surface area contributed by atoms with Gasteiger partial charge in [0.25, 0.3) is 0 Å². The van der Waals surface area contributed by atoms with E-state index in [1.807, 2.05) is 58.0 Å². The largest absolute Gasteiger partial charge is 0.469 e. The molecule has 4 N–H and O–H groups in total. The maximum atomic E-state index is 14.1. The average molecular weight is 861 g/mol. The Bertz CT molecular complexity index is 2670. The first kappa shape index (κ1) is 45.7. The summed E-state index contributed by atoms with van der Waals surface area (Å²) in [6, 6.07) is 7.68. The summed E-state index contributed by atoms with van der Waals surface area (Å²) in [5.74, 6) is -3.03. The number of ether oxygens (including phenoxy) is 4. The lowest BCUT2D eigenvalue weighted by Gasteiger charge is -2.37. The van der Waals surface area contributed by atoms with Crippen LogP contribution in [0.1, 0.15) is 98.9 Å². The van der Waals surface area contributed by atoms with Gasteiger partial charge in [-0.05, 0) is 119 Å². The molecule has 0 fully saturated rings. The molecule has 3 aromatic rings. The maximum absolute atomic E-state index is 14.1. The van der Waals surface area contributed by atoms with Crippen LogP contribution in [0.5, 0.6) is 0 Å². The molecule has 2 aliphatic heterocycles. The molecule has 0 radical (unpaired) electrons. The van der Waals surface area contributed by atoms with Crippen molar-refractivity contribution in [2.24, 2.45) is 5.92 Å². The number of hydrogen-bond acceptors (Lipinski definition) is 11. The van der Waals surface area contributed by atoms with Crippen molar-refractivity contribution < 1.29 is 42.9 Å². The Morgan fingerprint density at radius 2 is 1.40 bits per heavy atom. The Labute approximate surface area is 366 Å². The molecule has 2 atom stereocenters. The molecule has 3 aromatic heterocycles. The number of amides is 2. The molecule has 5 heterocycles. The predicted octanol–water partition coefficient (Wildman–Crippen LogP) is 7.28. The summed E-state index contributed by atoms with van der Waals surface area (Å²) in [7, 11) is 3.99. The van der Waals surface area contributed by atoms with Gasteiger partial charge in [-0.3, -0.25) is 24.2 Å². The fourth-order valence-electron chi connectivity index (χ4n) is 8.44. The van der Waals surface area contributed by atoms with Crippen molar-refractivity contribution in [3.05, 3.63) is 93.6 Å². The summed E-state index contributed by atoms with van der Waals surface area (Å²) < 4.78 is 20.7. The number of nitrogens with one attached hydrogen (secondary N) is 4. The molecule has 63 heavy (non-hydrogen) atoms. The van der Waals surface area contributed by atoms with E-state index < -0.39 is 34.9 Å². The fourth-order valence-corrected chi connectivity index (χ4v) is 8.44. The number of aryl methyl sites for hydroxylation is 3. The van der Waals surface area contributed by atoms with Crippen LogP contribution in [-0.4, -0.2) is 89.9 Å². The van der Waals surface area contributed by atoms with Gasteiger partial charge in [-0.15, -0.1) is 0 Å². The van der Waals surface area contributed by atoms with Crippen LogP contribution in [0.4, 0.5) is 4.79 Å². The summed E-state index contributed by atoms with van der Waals surface area (Å²) >= 11 is 0. The molecule has 0 aromatic carbocycles. The van der Waals surface area contributed by atoms with Gasteiger partial charge >= 0.3 is 24.0 Å². The SMILES string of the molecule is C=Cc1c(C)c2cc3nc(cc4[nH]c(cc5nc(cc1[nH]2)C(C)=C5CCC(=O)OC)c(CCC(=O)OC)c4C)C1(C)C3=CC=C(C(=O)NCCNC(=O)OC(C)(C)C)C1C(=O)OC. The number of methoxy groups -OCH3 is 3. The molecule has 8 bridgehead atoms. The second-order valence-corrected chi connectivity index (χ2v) is 16.9. The summed E-state index contributed by atoms with van der Waals surface area (Å²) in [6.45, 7) is 17.3. The third kappa shape index (κ3) is 9.23. The second kappa shape index (κ2) is 18.3. The third-order valence-electron chi connectivity index (χ3n) is 11.9. The molecular weight excluding hydrogens is 805 g/mol. The highest BCUT2D eigenvalue weighted by Gasteiger charge is 2.53. The van der Waals surface area contributed by atoms with Crippen molar-refractivity contribution in [2.75, 3.05) is 34.4 Å². The zero-order valence-electron chi connectivity index (χ0n) is 37.6. The summed E-state index contributed by atoms with van der Waals surface area (Å²) in [5, 5.41) is 5.48. The van der Waals surface area contributed by atoms with Crippen LogP contribution in [0.2, 0.25) is 0 Å². The first-order valence-corrected chi connectivity index (χ1v) is 20.8. The monoisotopic (exact) mass is 860 g/mol. The van der Waals surface area contributed by atoms with Gasteiger partial charge in [0.05, 0.1) is 49.5 Å². The molecule has 332 valence electrons. The third-order valence-corrected chi connectivity index (χ3v) is 11.9. The van der Waals surface area contributed by atoms with Crippen LogP contribution in [0, 0.1) is 19.8 Å². The van der Waals surface area contributed by atoms with Gasteiger partial charge in [0.2, 0.25) is 5.91 Å². The van der Waals surface area contributed by atoms with Gasteiger partial charge in [-0.25, -0.2) is 9.78 Å². The van der Waals surface area contributed by atoms with E-state index in [-0.39, 0.29) is 43.4 Å². The molecule has 1 aliphatic carbocycles. The van der Waals surface area contributed by atoms with Crippen LogP contribution in [0.3, 0.4) is 0 Å². The molecule has 2 amide bonds. The van der Waals surface area contributed by atoms with Gasteiger partial charge in [0.1, 0.15) is 11.5 Å². The first-order chi connectivity index (χ1) is 29.8. The van der Waals surface area contributed by atoms with Crippen molar-refractivity contribution in [1.29, 1.82) is 0 Å². The molecule has 0 saturated carbocycles. The van der Waals surface area contributed by atoms with Crippen LogP contribution in [0.25, 0.3) is 44.9 Å². The highest BCUT2D eigenvalue weighted by atomic mass is 16.6. The Hall–Kier alpha value is -6.77. The predicted molar refractivity (Wildman–Crippen MR) is 241 cm³/mol. The average Bonchev–Trinajstić information content (AvgIpc) is 3.89. The highest BCUT2D eigenvalue weighted by molar-refractivity contribution is 6.04. The molecule has 15 nitrogen and oxygen atoms in total. The van der Waals surface area contributed by atoms with Crippen LogP contribution >= 0.6 is 0 Å². The minimum atomic E-state index is -1.23. The molecule has 3 aliphatic rings. The van der Waals surface area contributed by atoms with Crippen LogP contribution < -0.4 is 10.6 Å². The van der Waals surface area contributed by atoms with Crippen molar-refractivity contribution in [2.45, 2.75) is 85.2 Å². The maximum Gasteiger partial charge on any atom is 0.407 e. The van der Waals surface area contributed by atoms with Crippen molar-refractivity contribution in [3.8, 4) is 0 Å². The number of esters is 3. The lowest BCUT2D eigenvalue weighted by atomic mass is 9.64. The van der Waals surface area contributed by atoms with E-state index in [2.05, 4.69) is 27.2 Å². The highest BCUT2D eigenvalue weighted by Crippen LogP contribution is 2.52. The topological polar surface area (TPSA) is 204 Å². The van der Waals surface area contributed by atoms with Crippen LogP contribution in [-0.2, 0) is 50.0 Å². The zero-order valence-corrected chi connectivity index (χ0v) is 37.6. The Kier molecular flexibility index (Phi) is 13.3. The zero-order chi connectivity index (χ0) is 46.0. The number of alkyl carbamates (subject to hydrolysis) is 1. The van der Waals surface area contributed by atoms with Gasteiger partial charge in [-0.2, -0.15) is 0 Å². The van der Waals surface area contributed by atoms with Crippen molar-refractivity contribution in [1.82, 2.24) is 30.6 Å². The number of aromatic amines is 2. The lowest BCUT2D eigenvalue weighted by Crippen LogP contribution is -2.45. The number of H-pyrrole nitrogens is 2. The van der Waals surface area contributed by atoms with Crippen molar-refractivity contribution in [3.63, 3.8) is 0 Å². The number of carbonyl (C=O) groups excluding carboxylic acids is 5. The summed E-state index contributed by atoms with van der Waals surface area (Å²) in [5.41, 5.74) is 9.33. The van der Waals surface area contributed by atoms with E-state index in [1.165, 1.54) is 21.3 Å². The minimum Gasteiger partial charge on any atom is -0.469 e. The van der Waals surface area contributed by atoms with Gasteiger partial charge in [0, 0.05) is 59.1 Å². The molecular formula is C48H56N6O9. The lowest BCUT2D eigenvalue weighted by molar-refractivity contribution is -0.146. The number of fused-ring (bicyclic) bond motifs is 11. The summed E-state index contributed by atoms with van der Waals surface area (Å²) in [6.07, 6.45) is 5.55. The van der Waals surface area contributed by atoms with E-state index in [0.29, 0.717) is 52.2 Å². The summed E-state index contributed by atoms with van der Waals surface area (Å²) in [4.78, 5) is 82.8.